The molecule has 6 nitrogen and oxygen atoms in total. The van der Waals surface area contributed by atoms with Gasteiger partial charge < -0.3 is 10.1 Å². The van der Waals surface area contributed by atoms with Crippen molar-refractivity contribution in [1.82, 2.24) is 9.62 Å². The molecule has 0 aliphatic heterocycles. The van der Waals surface area contributed by atoms with Gasteiger partial charge in [0.1, 0.15) is 0 Å². The van der Waals surface area contributed by atoms with E-state index < -0.39 is 10.0 Å². The van der Waals surface area contributed by atoms with E-state index in [1.165, 1.54) is 10.4 Å². The van der Waals surface area contributed by atoms with E-state index in [1.54, 1.807) is 25.2 Å². The molecule has 7 heteroatoms. The van der Waals surface area contributed by atoms with E-state index in [0.29, 0.717) is 18.7 Å². The average Bonchev–Trinajstić information content (AvgIpc) is 2.81. The first-order chi connectivity index (χ1) is 15.3. The first-order valence-electron chi connectivity index (χ1n) is 11.3. The molecule has 0 saturated heterocycles. The van der Waals surface area contributed by atoms with E-state index in [2.05, 4.69) is 5.32 Å². The Hall–Kier alpha value is -2.22. The number of benzene rings is 2. The van der Waals surface area contributed by atoms with E-state index in [1.807, 2.05) is 38.1 Å². The number of hydrogen-bond donors (Lipinski definition) is 1. The standard InChI is InChI=1S/C25H34N2O4S/c1-19(2)31-18-22-11-8-7-10-21(22)17-26-25(28)20-12-9-15-24(16-20)32(29,30)27(3)23-13-5-4-6-14-23/h7-12,15-16,19,23H,4-6,13-14,17-18H2,1-3H3,(H,26,28). The number of ether oxygens (including phenoxy) is 1. The third-order valence-corrected chi connectivity index (χ3v) is 7.90. The van der Waals surface area contributed by atoms with Gasteiger partial charge in [-0.05, 0) is 56.0 Å². The second-order valence-electron chi connectivity index (χ2n) is 8.65. The predicted molar refractivity (Wildman–Crippen MR) is 126 cm³/mol. The quantitative estimate of drug-likeness (QED) is 0.601. The fourth-order valence-corrected chi connectivity index (χ4v) is 5.47. The number of sulfonamides is 1. The van der Waals surface area contributed by atoms with Crippen LogP contribution in [0.25, 0.3) is 0 Å². The SMILES string of the molecule is CC(C)OCc1ccccc1CNC(=O)c1cccc(S(=O)(=O)N(C)C2CCCCC2)c1. The normalized spacial score (nSPS) is 15.3. The monoisotopic (exact) mass is 458 g/mol. The highest BCUT2D eigenvalue weighted by Crippen LogP contribution is 2.26. The lowest BCUT2D eigenvalue weighted by molar-refractivity contribution is 0.0651. The van der Waals surface area contributed by atoms with E-state index in [9.17, 15) is 13.2 Å². The molecule has 0 bridgehead atoms. The van der Waals surface area contributed by atoms with Crippen molar-refractivity contribution in [2.75, 3.05) is 7.05 Å². The maximum absolute atomic E-state index is 13.1. The van der Waals surface area contributed by atoms with Crippen molar-refractivity contribution in [2.24, 2.45) is 0 Å². The zero-order chi connectivity index (χ0) is 23.1. The van der Waals surface area contributed by atoms with Gasteiger partial charge in [0.15, 0.2) is 0 Å². The lowest BCUT2D eigenvalue weighted by Gasteiger charge is -2.30. The first-order valence-corrected chi connectivity index (χ1v) is 12.8. The highest BCUT2D eigenvalue weighted by atomic mass is 32.2. The summed E-state index contributed by atoms with van der Waals surface area (Å²) in [4.78, 5) is 13.0. The minimum absolute atomic E-state index is 0.0239. The summed E-state index contributed by atoms with van der Waals surface area (Å²) in [7, 11) is -2.00. The smallest absolute Gasteiger partial charge is 0.251 e. The Balaban J connectivity index is 1.69. The Morgan fingerprint density at radius 3 is 2.44 bits per heavy atom. The summed E-state index contributed by atoms with van der Waals surface area (Å²) in [6, 6.07) is 14.1. The molecule has 0 spiro atoms. The van der Waals surface area contributed by atoms with Gasteiger partial charge in [-0.3, -0.25) is 4.79 Å². The van der Waals surface area contributed by atoms with Crippen LogP contribution in [0.1, 0.15) is 67.4 Å². The Bertz CT molecular complexity index is 1010. The van der Waals surface area contributed by atoms with Gasteiger partial charge in [0.2, 0.25) is 10.0 Å². The maximum Gasteiger partial charge on any atom is 0.251 e. The second kappa shape index (κ2) is 11.1. The molecule has 0 heterocycles. The van der Waals surface area contributed by atoms with Crippen LogP contribution in [-0.4, -0.2) is 37.8 Å². The second-order valence-corrected chi connectivity index (χ2v) is 10.6. The average molecular weight is 459 g/mol. The number of nitrogens with one attached hydrogen (secondary N) is 1. The van der Waals surface area contributed by atoms with Crippen LogP contribution in [0.4, 0.5) is 0 Å². The van der Waals surface area contributed by atoms with Gasteiger partial charge in [-0.1, -0.05) is 49.6 Å². The minimum atomic E-state index is -3.65. The molecule has 3 rings (SSSR count). The van der Waals surface area contributed by atoms with Crippen molar-refractivity contribution in [1.29, 1.82) is 0 Å². The van der Waals surface area contributed by atoms with Gasteiger partial charge in [0.05, 0.1) is 17.6 Å². The molecule has 1 saturated carbocycles. The van der Waals surface area contributed by atoms with Crippen molar-refractivity contribution in [3.63, 3.8) is 0 Å². The van der Waals surface area contributed by atoms with Gasteiger partial charge >= 0.3 is 0 Å². The molecule has 1 fully saturated rings. The highest BCUT2D eigenvalue weighted by molar-refractivity contribution is 7.89. The minimum Gasteiger partial charge on any atom is -0.374 e. The lowest BCUT2D eigenvalue weighted by atomic mass is 9.96. The summed E-state index contributed by atoms with van der Waals surface area (Å²) in [6.07, 6.45) is 5.15. The molecule has 1 amide bonds. The Morgan fingerprint density at radius 1 is 1.06 bits per heavy atom. The van der Waals surface area contributed by atoms with E-state index in [0.717, 1.165) is 43.2 Å². The Labute approximate surface area is 192 Å². The fraction of sp³-hybridized carbons (Fsp3) is 0.480. The zero-order valence-corrected chi connectivity index (χ0v) is 20.0. The molecule has 1 aliphatic rings. The maximum atomic E-state index is 13.1. The molecule has 0 atom stereocenters. The molecule has 174 valence electrons. The van der Waals surface area contributed by atoms with Gasteiger partial charge in [-0.25, -0.2) is 8.42 Å². The topological polar surface area (TPSA) is 75.7 Å². The number of amides is 1. The molecule has 2 aromatic carbocycles. The molecular weight excluding hydrogens is 424 g/mol. The number of nitrogens with zero attached hydrogens (tertiary/aromatic N) is 1. The van der Waals surface area contributed by atoms with Crippen LogP contribution < -0.4 is 5.32 Å². The van der Waals surface area contributed by atoms with Gasteiger partial charge in [-0.2, -0.15) is 4.31 Å². The van der Waals surface area contributed by atoms with Crippen LogP contribution in [-0.2, 0) is 27.9 Å². The van der Waals surface area contributed by atoms with Crippen LogP contribution in [0.5, 0.6) is 0 Å². The highest BCUT2D eigenvalue weighted by Gasteiger charge is 2.29. The fourth-order valence-electron chi connectivity index (χ4n) is 4.01. The zero-order valence-electron chi connectivity index (χ0n) is 19.2. The summed E-state index contributed by atoms with van der Waals surface area (Å²) in [5.74, 6) is -0.304. The van der Waals surface area contributed by atoms with Crippen LogP contribution in [0, 0.1) is 0 Å². The summed E-state index contributed by atoms with van der Waals surface area (Å²) in [5.41, 5.74) is 2.33. The van der Waals surface area contributed by atoms with Crippen molar-refractivity contribution in [3.05, 3.63) is 65.2 Å². The summed E-state index contributed by atoms with van der Waals surface area (Å²) in [6.45, 7) is 4.79. The molecule has 1 aliphatic carbocycles. The van der Waals surface area contributed by atoms with Gasteiger partial charge in [-0.15, -0.1) is 0 Å². The van der Waals surface area contributed by atoms with Gasteiger partial charge in [0.25, 0.3) is 5.91 Å². The van der Waals surface area contributed by atoms with Crippen LogP contribution in [0.15, 0.2) is 53.4 Å². The van der Waals surface area contributed by atoms with Crippen molar-refractivity contribution in [2.45, 2.75) is 76.1 Å². The Morgan fingerprint density at radius 2 is 1.75 bits per heavy atom. The number of carbonyl (C=O) groups excluding carboxylic acids is 1. The predicted octanol–water partition coefficient (Wildman–Crippen LogP) is 4.49. The number of carbonyl (C=O) groups is 1. The van der Waals surface area contributed by atoms with Gasteiger partial charge in [0, 0.05) is 25.2 Å². The summed E-state index contributed by atoms with van der Waals surface area (Å²) in [5, 5.41) is 2.91. The third-order valence-electron chi connectivity index (χ3n) is 5.99. The molecular formula is C25H34N2O4S. The van der Waals surface area contributed by atoms with E-state index >= 15 is 0 Å². The molecule has 1 N–H and O–H groups in total. The molecule has 0 unspecified atom stereocenters. The van der Waals surface area contributed by atoms with Crippen LogP contribution in [0.2, 0.25) is 0 Å². The summed E-state index contributed by atoms with van der Waals surface area (Å²) >= 11 is 0. The van der Waals surface area contributed by atoms with Crippen molar-refractivity contribution < 1.29 is 17.9 Å². The van der Waals surface area contributed by atoms with Crippen molar-refractivity contribution in [3.8, 4) is 0 Å². The third kappa shape index (κ3) is 6.18. The lowest BCUT2D eigenvalue weighted by Crippen LogP contribution is -2.38. The first kappa shape index (κ1) is 24.4. The summed E-state index contributed by atoms with van der Waals surface area (Å²) < 4.78 is 33.5. The van der Waals surface area contributed by atoms with Crippen LogP contribution >= 0.6 is 0 Å². The molecule has 0 aromatic heterocycles. The molecule has 2 aromatic rings. The van der Waals surface area contributed by atoms with Crippen molar-refractivity contribution >= 4 is 15.9 Å². The molecule has 32 heavy (non-hydrogen) atoms. The number of hydrogen-bond acceptors (Lipinski definition) is 4. The van der Waals surface area contributed by atoms with Crippen LogP contribution in [0.3, 0.4) is 0 Å². The number of rotatable bonds is 9. The Kier molecular flexibility index (Phi) is 8.45. The largest absolute Gasteiger partial charge is 0.374 e. The van der Waals surface area contributed by atoms with E-state index in [-0.39, 0.29) is 22.9 Å². The van der Waals surface area contributed by atoms with E-state index in [4.69, 9.17) is 4.74 Å². The molecule has 0 radical (unpaired) electrons.